The van der Waals surface area contributed by atoms with Crippen molar-refractivity contribution in [2.24, 2.45) is 4.99 Å². The average Bonchev–Trinajstić information content (AvgIpc) is 3.10. The minimum atomic E-state index is -0.704. The zero-order valence-electron chi connectivity index (χ0n) is 18.5. The van der Waals surface area contributed by atoms with Crippen LogP contribution in [0.15, 0.2) is 57.5 Å². The van der Waals surface area contributed by atoms with Gasteiger partial charge < -0.3 is 14.6 Å². The summed E-state index contributed by atoms with van der Waals surface area (Å²) < 4.78 is 13.1. The predicted octanol–water partition coefficient (Wildman–Crippen LogP) is 3.77. The molecule has 0 amide bonds. The number of hydrogen-bond acceptors (Lipinski definition) is 7. The van der Waals surface area contributed by atoms with Gasteiger partial charge in [0, 0.05) is 5.02 Å². The fourth-order valence-electron chi connectivity index (χ4n) is 3.74. The molecule has 0 bridgehead atoms. The maximum Gasteiger partial charge on any atom is 0.338 e. The van der Waals surface area contributed by atoms with Crippen molar-refractivity contribution in [1.29, 1.82) is 0 Å². The van der Waals surface area contributed by atoms with Gasteiger partial charge >= 0.3 is 5.97 Å². The van der Waals surface area contributed by atoms with E-state index in [9.17, 15) is 14.7 Å². The molecule has 10 heteroatoms. The number of nitrogens with zero attached hydrogens (tertiary/aromatic N) is 2. The van der Waals surface area contributed by atoms with E-state index in [1.54, 1.807) is 56.3 Å². The second kappa shape index (κ2) is 9.93. The Morgan fingerprint density at radius 3 is 2.68 bits per heavy atom. The van der Waals surface area contributed by atoms with E-state index in [-0.39, 0.29) is 17.9 Å². The van der Waals surface area contributed by atoms with E-state index in [4.69, 9.17) is 21.1 Å². The molecule has 0 saturated heterocycles. The van der Waals surface area contributed by atoms with Crippen molar-refractivity contribution < 1.29 is 19.4 Å². The molecule has 0 saturated carbocycles. The molecule has 0 unspecified atom stereocenters. The van der Waals surface area contributed by atoms with Crippen molar-refractivity contribution >= 4 is 57.6 Å². The number of thiazole rings is 1. The molecule has 2 aromatic carbocycles. The van der Waals surface area contributed by atoms with E-state index in [0.29, 0.717) is 40.5 Å². The molecule has 0 spiro atoms. The monoisotopic (exact) mass is 610 g/mol. The zero-order valence-corrected chi connectivity index (χ0v) is 22.2. The Kier molecular flexibility index (Phi) is 7.15. The predicted molar refractivity (Wildman–Crippen MR) is 139 cm³/mol. The van der Waals surface area contributed by atoms with Gasteiger partial charge in [-0.1, -0.05) is 35.1 Å². The zero-order chi connectivity index (χ0) is 24.6. The summed E-state index contributed by atoms with van der Waals surface area (Å²) in [5.74, 6) is -0.166. The van der Waals surface area contributed by atoms with Gasteiger partial charge in [0.1, 0.15) is 0 Å². The number of allylic oxidation sites excluding steroid dienone is 1. The van der Waals surface area contributed by atoms with Crippen LogP contribution in [0.1, 0.15) is 31.0 Å². The summed E-state index contributed by atoms with van der Waals surface area (Å²) in [6.45, 7) is 3.67. The molecule has 1 aliphatic heterocycles. The highest BCUT2D eigenvalue weighted by Gasteiger charge is 2.33. The van der Waals surface area contributed by atoms with Gasteiger partial charge in [-0.25, -0.2) is 9.79 Å². The minimum Gasteiger partial charge on any atom is -0.504 e. The molecule has 34 heavy (non-hydrogen) atoms. The third kappa shape index (κ3) is 4.51. The number of phenolic OH excluding ortho intramolecular Hbond substituents is 1. The van der Waals surface area contributed by atoms with E-state index >= 15 is 0 Å². The number of hydrogen-bond donors (Lipinski definition) is 1. The molecular formula is C24H20ClIN2O5S. The lowest BCUT2D eigenvalue weighted by Gasteiger charge is -2.24. The molecule has 1 atom stereocenters. The van der Waals surface area contributed by atoms with Gasteiger partial charge in [0.2, 0.25) is 0 Å². The number of carbonyl (C=O) groups excluding carboxylic acids is 1. The highest BCUT2D eigenvalue weighted by molar-refractivity contribution is 14.1. The maximum atomic E-state index is 13.6. The van der Waals surface area contributed by atoms with Crippen LogP contribution in [0.25, 0.3) is 6.08 Å². The van der Waals surface area contributed by atoms with Crippen molar-refractivity contribution in [1.82, 2.24) is 4.57 Å². The molecule has 4 rings (SSSR count). The Bertz CT molecular complexity index is 1490. The Balaban J connectivity index is 1.95. The molecule has 3 aromatic rings. The lowest BCUT2D eigenvalue weighted by atomic mass is 9.96. The van der Waals surface area contributed by atoms with E-state index in [0.717, 1.165) is 5.56 Å². The fourth-order valence-corrected chi connectivity index (χ4v) is 5.53. The number of rotatable bonds is 5. The van der Waals surface area contributed by atoms with Crippen molar-refractivity contribution in [3.05, 3.63) is 87.1 Å². The summed E-state index contributed by atoms with van der Waals surface area (Å²) in [6.07, 6.45) is 1.72. The molecule has 1 aromatic heterocycles. The Morgan fingerprint density at radius 1 is 1.32 bits per heavy atom. The molecule has 0 aliphatic carbocycles. The molecule has 1 N–H and O–H groups in total. The van der Waals surface area contributed by atoms with Crippen LogP contribution < -0.4 is 19.6 Å². The second-order valence-corrected chi connectivity index (χ2v) is 10.0. The first-order valence-electron chi connectivity index (χ1n) is 10.3. The van der Waals surface area contributed by atoms with Crippen LogP contribution in [0.2, 0.25) is 5.02 Å². The van der Waals surface area contributed by atoms with E-state index in [1.165, 1.54) is 23.0 Å². The van der Waals surface area contributed by atoms with Gasteiger partial charge in [-0.15, -0.1) is 0 Å². The molecule has 176 valence electrons. The number of phenols is 1. The quantitative estimate of drug-likeness (QED) is 0.351. The van der Waals surface area contributed by atoms with Crippen LogP contribution in [0.5, 0.6) is 11.5 Å². The van der Waals surface area contributed by atoms with Crippen LogP contribution in [-0.2, 0) is 9.53 Å². The average molecular weight is 611 g/mol. The molecule has 0 fully saturated rings. The Hall–Kier alpha value is -2.63. The molecule has 0 radical (unpaired) electrons. The summed E-state index contributed by atoms with van der Waals surface area (Å²) >= 11 is 9.31. The summed E-state index contributed by atoms with van der Waals surface area (Å²) in [5, 5.41) is 10.7. The third-order valence-corrected chi connectivity index (χ3v) is 7.33. The number of ether oxygens (including phenoxy) is 2. The summed E-state index contributed by atoms with van der Waals surface area (Å²) in [7, 11) is 1.47. The molecule has 2 heterocycles. The number of methoxy groups -OCH3 is 1. The molecule has 1 aliphatic rings. The maximum absolute atomic E-state index is 13.6. The topological polar surface area (TPSA) is 90.1 Å². The highest BCUT2D eigenvalue weighted by atomic mass is 127. The second-order valence-electron chi connectivity index (χ2n) is 7.41. The first kappa shape index (κ1) is 24.5. The third-order valence-electron chi connectivity index (χ3n) is 5.27. The van der Waals surface area contributed by atoms with E-state index in [1.807, 2.05) is 22.6 Å². The number of fused-ring (bicyclic) bond motifs is 1. The summed E-state index contributed by atoms with van der Waals surface area (Å²) in [6, 6.07) is 9.71. The summed E-state index contributed by atoms with van der Waals surface area (Å²) in [4.78, 5) is 31.5. The number of aromatic hydroxyl groups is 1. The number of halogens is 2. The van der Waals surface area contributed by atoms with Crippen molar-refractivity contribution in [2.45, 2.75) is 19.9 Å². The van der Waals surface area contributed by atoms with Gasteiger partial charge in [0.05, 0.1) is 39.1 Å². The standard InChI is InChI=1S/C24H20ClIN2O5S/c1-4-33-23(31)19-12(2)27-24-28(20(19)14-5-7-15(25)8-6-14)22(30)18(34-24)11-13-9-16(26)21(29)17(10-13)32-3/h5-11,20,29H,4H2,1-3H3/t20-/m1/s1. The Labute approximate surface area is 217 Å². The summed E-state index contributed by atoms with van der Waals surface area (Å²) in [5.41, 5.74) is 1.92. The van der Waals surface area contributed by atoms with E-state index < -0.39 is 12.0 Å². The van der Waals surface area contributed by atoms with Crippen molar-refractivity contribution in [2.75, 3.05) is 13.7 Å². The first-order valence-corrected chi connectivity index (χ1v) is 12.5. The SMILES string of the molecule is CCOC(=O)C1=C(C)N=c2sc(=Cc3cc(I)c(O)c(OC)c3)c(=O)n2[C@@H]1c1ccc(Cl)cc1. The van der Waals surface area contributed by atoms with Crippen LogP contribution in [0, 0.1) is 3.57 Å². The van der Waals surface area contributed by atoms with Crippen molar-refractivity contribution in [3.8, 4) is 11.5 Å². The fraction of sp³-hybridized carbons (Fsp3) is 0.208. The normalized spacial score (nSPS) is 15.7. The highest BCUT2D eigenvalue weighted by Crippen LogP contribution is 2.33. The van der Waals surface area contributed by atoms with Crippen LogP contribution >= 0.6 is 45.5 Å². The lowest BCUT2D eigenvalue weighted by Crippen LogP contribution is -2.39. The van der Waals surface area contributed by atoms with Gasteiger partial charge in [0.15, 0.2) is 16.3 Å². The number of carbonyl (C=O) groups is 1. The van der Waals surface area contributed by atoms with Crippen molar-refractivity contribution in [3.63, 3.8) is 0 Å². The molecule has 7 nitrogen and oxygen atoms in total. The smallest absolute Gasteiger partial charge is 0.338 e. The Morgan fingerprint density at radius 2 is 2.03 bits per heavy atom. The van der Waals surface area contributed by atoms with Gasteiger partial charge in [-0.2, -0.15) is 0 Å². The van der Waals surface area contributed by atoms with Gasteiger partial charge in [-0.3, -0.25) is 9.36 Å². The first-order chi connectivity index (χ1) is 16.2. The number of esters is 1. The van der Waals surface area contributed by atoms with Gasteiger partial charge in [0.25, 0.3) is 5.56 Å². The van der Waals surface area contributed by atoms with E-state index in [2.05, 4.69) is 4.99 Å². The minimum absolute atomic E-state index is 0.0409. The van der Waals surface area contributed by atoms with Crippen LogP contribution in [0.3, 0.4) is 0 Å². The van der Waals surface area contributed by atoms with Gasteiger partial charge in [-0.05, 0) is 77.9 Å². The number of benzene rings is 2. The van der Waals surface area contributed by atoms with Crippen LogP contribution in [0.4, 0.5) is 0 Å². The largest absolute Gasteiger partial charge is 0.504 e. The number of aromatic nitrogens is 1. The molecular weight excluding hydrogens is 591 g/mol. The lowest BCUT2D eigenvalue weighted by molar-refractivity contribution is -0.139. The van der Waals surface area contributed by atoms with Crippen LogP contribution in [-0.4, -0.2) is 29.4 Å².